The topological polar surface area (TPSA) is 151 Å². The minimum Gasteiger partial charge on any atom is -0.278 e. The van der Waals surface area contributed by atoms with Crippen molar-refractivity contribution in [3.8, 4) is 0 Å². The third kappa shape index (κ3) is 6.96. The number of unbranched alkanes of at least 4 members (excludes halogenated alkanes) is 1. The van der Waals surface area contributed by atoms with Crippen LogP contribution < -0.4 is 20.5 Å². The lowest BCUT2D eigenvalue weighted by atomic mass is 10.2. The summed E-state index contributed by atoms with van der Waals surface area (Å²) in [5, 5.41) is 3.20. The number of carbonyl (C=O) groups excluding carboxylic acids is 2. The van der Waals surface area contributed by atoms with Crippen LogP contribution in [0.25, 0.3) is 0 Å². The summed E-state index contributed by atoms with van der Waals surface area (Å²) in [7, 11) is -7.58. The lowest BCUT2D eigenvalue weighted by Gasteiger charge is -2.08. The highest BCUT2D eigenvalue weighted by molar-refractivity contribution is 7.91. The zero-order valence-electron chi connectivity index (χ0n) is 14.4. The molecule has 0 saturated carbocycles. The van der Waals surface area contributed by atoms with E-state index >= 15 is 0 Å². The van der Waals surface area contributed by atoms with Crippen LogP contribution >= 0.6 is 22.7 Å². The molecule has 0 aliphatic carbocycles. The molecule has 14 heteroatoms. The average molecular weight is 467 g/mol. The van der Waals surface area contributed by atoms with E-state index in [1.807, 2.05) is 9.66 Å². The largest absolute Gasteiger partial charge is 0.278 e. The van der Waals surface area contributed by atoms with Crippen LogP contribution in [0.3, 0.4) is 0 Å². The summed E-state index contributed by atoms with van der Waals surface area (Å²) in [4.78, 5) is 27.3. The van der Waals surface area contributed by atoms with Crippen molar-refractivity contribution in [3.63, 3.8) is 0 Å². The molecular formula is C14H18N4O6S4. The highest BCUT2D eigenvalue weighted by atomic mass is 32.3. The second-order valence-electron chi connectivity index (χ2n) is 5.38. The molecule has 0 aliphatic heterocycles. The van der Waals surface area contributed by atoms with Gasteiger partial charge in [0.15, 0.2) is 0 Å². The molecule has 0 aliphatic rings. The molecule has 0 fully saturated rings. The van der Waals surface area contributed by atoms with Crippen molar-refractivity contribution in [2.75, 3.05) is 0 Å². The summed E-state index contributed by atoms with van der Waals surface area (Å²) in [6.45, 7) is 0. The normalized spacial score (nSPS) is 11.9. The molecule has 0 bridgehead atoms. The van der Waals surface area contributed by atoms with Gasteiger partial charge >= 0.3 is 0 Å². The molecule has 0 unspecified atom stereocenters. The van der Waals surface area contributed by atoms with Crippen LogP contribution in [0, 0.1) is 0 Å². The van der Waals surface area contributed by atoms with Crippen molar-refractivity contribution in [1.82, 2.24) is 20.5 Å². The Morgan fingerprint density at radius 1 is 0.750 bits per heavy atom. The fourth-order valence-corrected chi connectivity index (χ4v) is 5.58. The van der Waals surface area contributed by atoms with Gasteiger partial charge in [-0.2, -0.15) is 0 Å². The summed E-state index contributed by atoms with van der Waals surface area (Å²) in [6.07, 6.45) is 0.637. The van der Waals surface area contributed by atoms with Crippen molar-refractivity contribution >= 4 is 54.5 Å². The van der Waals surface area contributed by atoms with Gasteiger partial charge in [0, 0.05) is 12.8 Å². The maximum Gasteiger partial charge on any atom is 0.266 e. The van der Waals surface area contributed by atoms with Gasteiger partial charge in [0.2, 0.25) is 11.8 Å². The molecule has 28 heavy (non-hydrogen) atoms. The summed E-state index contributed by atoms with van der Waals surface area (Å²) in [5.74, 6) is -1.09. The number of thiophene rings is 2. The van der Waals surface area contributed by atoms with E-state index in [2.05, 4.69) is 10.9 Å². The van der Waals surface area contributed by atoms with E-state index < -0.39 is 31.9 Å². The van der Waals surface area contributed by atoms with Gasteiger partial charge in [-0.3, -0.25) is 20.4 Å². The predicted octanol–water partition coefficient (Wildman–Crippen LogP) is 0.689. The zero-order valence-corrected chi connectivity index (χ0v) is 17.6. The number of carbonyl (C=O) groups is 2. The maximum absolute atomic E-state index is 11.8. The Morgan fingerprint density at radius 2 is 1.14 bits per heavy atom. The first kappa shape index (κ1) is 22.4. The first-order valence-electron chi connectivity index (χ1n) is 7.89. The van der Waals surface area contributed by atoms with Gasteiger partial charge in [-0.1, -0.05) is 12.1 Å². The van der Waals surface area contributed by atoms with Gasteiger partial charge in [-0.05, 0) is 35.7 Å². The van der Waals surface area contributed by atoms with Gasteiger partial charge in [-0.15, -0.1) is 32.3 Å². The molecule has 154 valence electrons. The third-order valence-electron chi connectivity index (χ3n) is 3.23. The Balaban J connectivity index is 1.61. The van der Waals surface area contributed by atoms with Gasteiger partial charge in [0.05, 0.1) is 0 Å². The fraction of sp³-hybridized carbons (Fsp3) is 0.286. The molecule has 0 atom stereocenters. The molecule has 10 nitrogen and oxygen atoms in total. The fourth-order valence-electron chi connectivity index (χ4n) is 1.88. The van der Waals surface area contributed by atoms with E-state index in [9.17, 15) is 26.4 Å². The molecule has 0 radical (unpaired) electrons. The second-order valence-corrected chi connectivity index (χ2v) is 11.1. The van der Waals surface area contributed by atoms with Gasteiger partial charge in [0.1, 0.15) is 8.42 Å². The quantitative estimate of drug-likeness (QED) is 0.283. The van der Waals surface area contributed by atoms with Crippen molar-refractivity contribution < 1.29 is 26.4 Å². The van der Waals surface area contributed by atoms with E-state index in [0.29, 0.717) is 12.8 Å². The Labute approximate surface area is 170 Å². The van der Waals surface area contributed by atoms with Crippen LogP contribution in [0.2, 0.25) is 0 Å². The van der Waals surface area contributed by atoms with E-state index in [0.717, 1.165) is 22.7 Å². The first-order valence-corrected chi connectivity index (χ1v) is 12.6. The minimum absolute atomic E-state index is 0.00115. The van der Waals surface area contributed by atoms with Crippen molar-refractivity contribution in [1.29, 1.82) is 0 Å². The second kappa shape index (κ2) is 10.1. The number of nitrogens with one attached hydrogen (secondary N) is 4. The highest BCUT2D eigenvalue weighted by Crippen LogP contribution is 2.15. The maximum atomic E-state index is 11.8. The number of rotatable bonds is 11. The van der Waals surface area contributed by atoms with Crippen molar-refractivity contribution in [2.24, 2.45) is 0 Å². The number of hydrogen-bond donors (Lipinski definition) is 4. The van der Waals surface area contributed by atoms with E-state index in [1.54, 1.807) is 22.9 Å². The Hall–Kier alpha value is -1.84. The highest BCUT2D eigenvalue weighted by Gasteiger charge is 2.17. The van der Waals surface area contributed by atoms with E-state index in [1.165, 1.54) is 12.1 Å². The molecule has 2 aromatic rings. The van der Waals surface area contributed by atoms with Crippen LogP contribution in [0.15, 0.2) is 43.4 Å². The number of hydrogen-bond acceptors (Lipinski definition) is 8. The summed E-state index contributed by atoms with van der Waals surface area (Å²) in [5.41, 5.74) is 4.20. The van der Waals surface area contributed by atoms with Crippen molar-refractivity contribution in [2.45, 2.75) is 34.1 Å². The molecule has 2 amide bonds. The van der Waals surface area contributed by atoms with Crippen molar-refractivity contribution in [3.05, 3.63) is 35.0 Å². The predicted molar refractivity (Wildman–Crippen MR) is 104 cm³/mol. The molecular weight excluding hydrogens is 448 g/mol. The van der Waals surface area contributed by atoms with Crippen LogP contribution in [0.1, 0.15) is 25.7 Å². The molecule has 2 aromatic heterocycles. The Kier molecular flexibility index (Phi) is 8.09. The van der Waals surface area contributed by atoms with Gasteiger partial charge in [-0.25, -0.2) is 16.8 Å². The van der Waals surface area contributed by atoms with Crippen LogP contribution in [0.4, 0.5) is 0 Å². The number of amides is 2. The van der Waals surface area contributed by atoms with Gasteiger partial charge in [0.25, 0.3) is 20.0 Å². The zero-order chi connectivity index (χ0) is 20.6. The van der Waals surface area contributed by atoms with Crippen LogP contribution in [-0.4, -0.2) is 28.6 Å². The molecule has 4 N–H and O–H groups in total. The van der Waals surface area contributed by atoms with E-state index in [-0.39, 0.29) is 21.3 Å². The number of sulfonamides is 2. The third-order valence-corrected chi connectivity index (χ3v) is 8.52. The lowest BCUT2D eigenvalue weighted by molar-refractivity contribution is -0.123. The molecule has 2 heterocycles. The molecule has 0 saturated heterocycles. The molecule has 2 rings (SSSR count). The van der Waals surface area contributed by atoms with Crippen LogP contribution in [0.5, 0.6) is 0 Å². The summed E-state index contributed by atoms with van der Waals surface area (Å²) >= 11 is 2.03. The summed E-state index contributed by atoms with van der Waals surface area (Å²) < 4.78 is 47.5. The molecule has 0 spiro atoms. The molecule has 0 aromatic carbocycles. The van der Waals surface area contributed by atoms with Crippen LogP contribution in [-0.2, 0) is 29.6 Å². The Bertz CT molecular complexity index is 903. The number of hydrazine groups is 2. The van der Waals surface area contributed by atoms with E-state index in [4.69, 9.17) is 0 Å². The SMILES string of the molecule is O=C(CCCCC(=O)NNS(=O)(=O)c1cccs1)NNS(=O)(=O)c1cccs1. The first-order chi connectivity index (χ1) is 13.2. The Morgan fingerprint density at radius 3 is 1.46 bits per heavy atom. The monoisotopic (exact) mass is 466 g/mol. The average Bonchev–Trinajstić information content (AvgIpc) is 3.36. The summed E-state index contributed by atoms with van der Waals surface area (Å²) in [6, 6.07) is 5.97. The standard InChI is InChI=1S/C14H18N4O6S4/c19-11(15-17-27(21,22)13-7-3-9-25-13)5-1-2-6-12(20)16-18-28(23,24)14-8-4-10-26-14/h3-4,7-10,17-18H,1-2,5-6H2,(H,15,19)(H,16,20). The lowest BCUT2D eigenvalue weighted by Crippen LogP contribution is -2.41. The smallest absolute Gasteiger partial charge is 0.266 e. The minimum atomic E-state index is -3.79. The van der Waals surface area contributed by atoms with Gasteiger partial charge < -0.3 is 0 Å².